The molecule has 0 bridgehead atoms. The molecule has 57 heavy (non-hydrogen) atoms. The number of nitrogens with zero attached hydrogens (tertiary/aromatic N) is 1. The summed E-state index contributed by atoms with van der Waals surface area (Å²) in [4.78, 5) is 9.49. The number of rotatable bonds is 2. The molecule has 0 aromatic rings. The molecule has 0 aromatic carbocycles. The van der Waals surface area contributed by atoms with Gasteiger partial charge in [0.2, 0.25) is 5.54 Å². The average molecular weight is 910 g/mol. The van der Waals surface area contributed by atoms with Crippen LogP contribution in [0.15, 0.2) is 0 Å². The van der Waals surface area contributed by atoms with Gasteiger partial charge in [0, 0.05) is 42.0 Å². The highest BCUT2D eigenvalue weighted by molar-refractivity contribution is 9.10. The lowest BCUT2D eigenvalue weighted by atomic mass is 9.84. The summed E-state index contributed by atoms with van der Waals surface area (Å²) in [5, 5.41) is 9.83. The third kappa shape index (κ3) is 208. The maximum absolute atomic E-state index is 9.83. The molecule has 0 amide bonds. The van der Waals surface area contributed by atoms with Crippen LogP contribution in [0.3, 0.4) is 0 Å². The minimum atomic E-state index is -0.778. The number of alkyl halides is 2. The smallest absolute Gasteiger partial charge is 0.214 e. The summed E-state index contributed by atoms with van der Waals surface area (Å²) in [5.41, 5.74) is 1.35. The Hall–Kier alpha value is 0.0900. The first-order valence-electron chi connectivity index (χ1n) is 21.6. The summed E-state index contributed by atoms with van der Waals surface area (Å²) in [5.74, 6) is 1.64. The largest absolute Gasteiger partial charge is 0.379 e. The number of methoxy groups -OCH3 is 1. The van der Waals surface area contributed by atoms with Gasteiger partial charge in [-0.1, -0.05) is 168 Å². The number of halogens is 2. The van der Waals surface area contributed by atoms with Crippen LogP contribution in [0.2, 0.25) is 0 Å². The summed E-state index contributed by atoms with van der Waals surface area (Å²) in [6, 6.07) is 0. The Morgan fingerprint density at radius 1 is 0.579 bits per heavy atom. The van der Waals surface area contributed by atoms with Crippen molar-refractivity contribution in [3.8, 4) is 0 Å². The standard InChI is InChI=1S/C8H18.C7H16O.C7H16.C6H14.C5H12O.C5H12.C4H9Br.C4H9Cl.C4H9NO2/c1-7(2)6-8(3,4)5;1-6(2)8-7(3,4)5;1-6(2)7(3,4)5;1-5-6(2,3)4;1-5(2,3)6-4;1-5(2,3)4;2*1-4(2,3)5;1-4(2,3)5(6)7/h7H,6H2,1-5H3;6H,1-5H3;6H,1-5H3;5H2,1-4H3;1-4H3;1-4H3;2*1-3H3;1-3H3. The zero-order chi connectivity index (χ0) is 49.6. The lowest BCUT2D eigenvalue weighted by Gasteiger charge is -2.22. The second kappa shape index (κ2) is 34.7. The molecule has 0 atom stereocenters. The molecular formula is C50H115BrClNO4. The van der Waals surface area contributed by atoms with E-state index in [0.29, 0.717) is 32.1 Å². The molecule has 0 spiro atoms. The van der Waals surface area contributed by atoms with Gasteiger partial charge in [0.25, 0.3) is 0 Å². The van der Waals surface area contributed by atoms with Crippen molar-refractivity contribution in [3.05, 3.63) is 10.1 Å². The van der Waals surface area contributed by atoms with E-state index in [1.54, 1.807) is 27.9 Å². The first kappa shape index (κ1) is 77.7. The van der Waals surface area contributed by atoms with Gasteiger partial charge in [0.05, 0.1) is 17.3 Å². The van der Waals surface area contributed by atoms with E-state index in [9.17, 15) is 10.1 Å². The van der Waals surface area contributed by atoms with Crippen LogP contribution in [0.5, 0.6) is 0 Å². The van der Waals surface area contributed by atoms with Crippen molar-refractivity contribution in [2.75, 3.05) is 7.11 Å². The molecule has 0 aliphatic rings. The first-order chi connectivity index (χ1) is 23.8. The Morgan fingerprint density at radius 2 is 0.754 bits per heavy atom. The van der Waals surface area contributed by atoms with Gasteiger partial charge in [-0.25, -0.2) is 0 Å². The van der Waals surface area contributed by atoms with Gasteiger partial charge < -0.3 is 9.47 Å². The van der Waals surface area contributed by atoms with E-state index in [0.717, 1.165) is 11.8 Å². The van der Waals surface area contributed by atoms with Gasteiger partial charge in [-0.15, -0.1) is 11.6 Å². The zero-order valence-corrected chi connectivity index (χ0v) is 48.8. The van der Waals surface area contributed by atoms with E-state index in [4.69, 9.17) is 21.1 Å². The van der Waals surface area contributed by atoms with Crippen LogP contribution >= 0.6 is 27.5 Å². The lowest BCUT2D eigenvalue weighted by Crippen LogP contribution is -2.25. The van der Waals surface area contributed by atoms with Crippen LogP contribution in [0.1, 0.15) is 255 Å². The Morgan fingerprint density at radius 3 is 0.754 bits per heavy atom. The van der Waals surface area contributed by atoms with Crippen molar-refractivity contribution in [1.29, 1.82) is 0 Å². The Kier molecular flexibility index (Phi) is 47.2. The molecule has 0 fully saturated rings. The van der Waals surface area contributed by atoms with Gasteiger partial charge in [-0.2, -0.15) is 0 Å². The molecule has 5 nitrogen and oxygen atoms in total. The summed E-state index contributed by atoms with van der Waals surface area (Å²) in [6.45, 7) is 73.6. The molecule has 0 aromatic heterocycles. The maximum Gasteiger partial charge on any atom is 0.214 e. The van der Waals surface area contributed by atoms with Gasteiger partial charge in [-0.3, -0.25) is 10.1 Å². The summed E-state index contributed by atoms with van der Waals surface area (Å²) in [7, 11) is 1.71. The molecule has 0 aliphatic carbocycles. The summed E-state index contributed by atoms with van der Waals surface area (Å²) < 4.78 is 10.7. The van der Waals surface area contributed by atoms with Crippen molar-refractivity contribution in [2.45, 2.75) is 287 Å². The number of ether oxygens (including phenoxy) is 2. The van der Waals surface area contributed by atoms with Crippen LogP contribution < -0.4 is 0 Å². The molecule has 0 saturated carbocycles. The third-order valence-corrected chi connectivity index (χ3v) is 5.56. The third-order valence-electron chi connectivity index (χ3n) is 5.56. The van der Waals surface area contributed by atoms with Gasteiger partial charge >= 0.3 is 0 Å². The van der Waals surface area contributed by atoms with E-state index in [2.05, 4.69) is 182 Å². The maximum atomic E-state index is 9.83. The molecule has 0 radical (unpaired) electrons. The Balaban J connectivity index is -0.0000000653. The predicted octanol–water partition coefficient (Wildman–Crippen LogP) is 19.2. The fraction of sp³-hybridized carbons (Fsp3) is 1.00. The molecule has 0 aliphatic heterocycles. The van der Waals surface area contributed by atoms with Crippen LogP contribution in [0.25, 0.3) is 0 Å². The zero-order valence-electron chi connectivity index (χ0n) is 46.5. The van der Waals surface area contributed by atoms with E-state index < -0.39 is 5.54 Å². The lowest BCUT2D eigenvalue weighted by molar-refractivity contribution is -0.555. The highest BCUT2D eigenvalue weighted by Crippen LogP contribution is 2.24. The highest BCUT2D eigenvalue weighted by Gasteiger charge is 2.21. The van der Waals surface area contributed by atoms with Crippen molar-refractivity contribution in [1.82, 2.24) is 0 Å². The van der Waals surface area contributed by atoms with Crippen LogP contribution in [0.4, 0.5) is 0 Å². The fourth-order valence-electron chi connectivity index (χ4n) is 1.93. The van der Waals surface area contributed by atoms with E-state index in [1.807, 2.05) is 55.4 Å². The van der Waals surface area contributed by atoms with Gasteiger partial charge in [0.1, 0.15) is 0 Å². The predicted molar refractivity (Wildman–Crippen MR) is 272 cm³/mol. The second-order valence-corrected chi connectivity index (χ2v) is 29.3. The topological polar surface area (TPSA) is 61.6 Å². The second-order valence-electron chi connectivity index (χ2n) is 25.8. The van der Waals surface area contributed by atoms with Crippen molar-refractivity contribution < 1.29 is 14.4 Å². The summed E-state index contributed by atoms with van der Waals surface area (Å²) >= 11 is 8.91. The van der Waals surface area contributed by atoms with E-state index >= 15 is 0 Å². The normalized spacial score (nSPS) is 12.2. The minimum absolute atomic E-state index is 0.0220. The minimum Gasteiger partial charge on any atom is -0.379 e. The number of hydrogen-bond donors (Lipinski definition) is 0. The monoisotopic (exact) mass is 908 g/mol. The molecule has 0 saturated heterocycles. The molecular weight excluding hydrogens is 794 g/mol. The molecule has 0 heterocycles. The number of hydrogen-bond acceptors (Lipinski definition) is 4. The van der Waals surface area contributed by atoms with Gasteiger partial charge in [0.15, 0.2) is 0 Å². The Labute approximate surface area is 378 Å². The quantitative estimate of drug-likeness (QED) is 0.157. The van der Waals surface area contributed by atoms with E-state index in [1.165, 1.54) is 12.8 Å². The highest BCUT2D eigenvalue weighted by atomic mass is 79.9. The van der Waals surface area contributed by atoms with Crippen LogP contribution in [0, 0.1) is 43.6 Å². The van der Waals surface area contributed by atoms with Crippen molar-refractivity contribution in [3.63, 3.8) is 0 Å². The SMILES string of the molecule is CC(C)(C)Br.CC(C)(C)C.CC(C)(C)Cl.CC(C)(C)[N+](=O)[O-].CC(C)C(C)(C)C.CC(C)CC(C)(C)C.CC(C)OC(C)(C)C.CCC(C)(C)C.COC(C)(C)C. The Bertz CT molecular complexity index is 770. The van der Waals surface area contributed by atoms with Gasteiger partial charge in [-0.05, 0) is 116 Å². The number of nitro groups is 1. The molecule has 358 valence electrons. The molecule has 0 unspecified atom stereocenters. The van der Waals surface area contributed by atoms with Crippen molar-refractivity contribution >= 4 is 27.5 Å². The molecule has 0 N–H and O–H groups in total. The van der Waals surface area contributed by atoms with E-state index in [-0.39, 0.29) is 21.0 Å². The average Bonchev–Trinajstić information content (AvgIpc) is 2.77. The van der Waals surface area contributed by atoms with Crippen LogP contribution in [-0.2, 0) is 9.47 Å². The molecule has 7 heteroatoms. The van der Waals surface area contributed by atoms with Crippen molar-refractivity contribution in [2.24, 2.45) is 33.5 Å². The first-order valence-corrected chi connectivity index (χ1v) is 22.8. The molecule has 0 rings (SSSR count). The fourth-order valence-corrected chi connectivity index (χ4v) is 1.93. The summed E-state index contributed by atoms with van der Waals surface area (Å²) in [6.07, 6.45) is 2.94. The van der Waals surface area contributed by atoms with Crippen LogP contribution in [-0.4, -0.2) is 44.1 Å².